The number of carbonyl (C=O) groups excluding carboxylic acids is 1. The molecule has 3 aromatic rings. The molecule has 1 aromatic heterocycles. The monoisotopic (exact) mass is 515 g/mol. The molecular weight excluding hydrogens is 489 g/mol. The molecule has 1 saturated heterocycles. The van der Waals surface area contributed by atoms with Gasteiger partial charge in [-0.1, -0.05) is 12.1 Å². The molecular formula is C24H26FN5O5S. The fourth-order valence-corrected chi connectivity index (χ4v) is 4.74. The normalized spacial score (nSPS) is 14.3. The van der Waals surface area contributed by atoms with E-state index < -0.39 is 28.5 Å². The number of anilines is 3. The Kier molecular flexibility index (Phi) is 7.15. The van der Waals surface area contributed by atoms with Crippen LogP contribution < -0.4 is 28.7 Å². The number of methoxy groups -OCH3 is 1. The van der Waals surface area contributed by atoms with Crippen LogP contribution in [0, 0.1) is 5.82 Å². The molecule has 0 aliphatic carbocycles. The van der Waals surface area contributed by atoms with E-state index in [0.717, 1.165) is 17.1 Å². The number of rotatable bonds is 9. The summed E-state index contributed by atoms with van der Waals surface area (Å²) in [6.45, 7) is -0.277. The second-order valence-corrected chi connectivity index (χ2v) is 9.85. The van der Waals surface area contributed by atoms with Gasteiger partial charge in [0.05, 0.1) is 19.0 Å². The van der Waals surface area contributed by atoms with Crippen molar-refractivity contribution >= 4 is 33.3 Å². The molecule has 1 aliphatic rings. The molecule has 12 heteroatoms. The van der Waals surface area contributed by atoms with Gasteiger partial charge in [-0.25, -0.2) is 18.4 Å². The van der Waals surface area contributed by atoms with Crippen molar-refractivity contribution in [1.29, 1.82) is 0 Å². The van der Waals surface area contributed by atoms with Crippen LogP contribution in [-0.2, 0) is 28.2 Å². The van der Waals surface area contributed by atoms with Crippen molar-refractivity contribution in [2.75, 3.05) is 42.3 Å². The molecule has 2 aromatic carbocycles. The first-order chi connectivity index (χ1) is 17.2. The van der Waals surface area contributed by atoms with Crippen LogP contribution >= 0.6 is 0 Å². The Morgan fingerprint density at radius 2 is 1.89 bits per heavy atom. The van der Waals surface area contributed by atoms with Crippen LogP contribution in [0.25, 0.3) is 0 Å². The molecule has 190 valence electrons. The number of nitrogens with one attached hydrogen (secondary N) is 2. The molecule has 0 radical (unpaired) electrons. The second kappa shape index (κ2) is 10.3. The van der Waals surface area contributed by atoms with Crippen LogP contribution in [0.2, 0.25) is 0 Å². The predicted molar refractivity (Wildman–Crippen MR) is 134 cm³/mol. The highest BCUT2D eigenvalue weighted by atomic mass is 32.2. The highest BCUT2D eigenvalue weighted by Crippen LogP contribution is 2.36. The van der Waals surface area contributed by atoms with Crippen LogP contribution in [0.4, 0.5) is 21.6 Å². The Morgan fingerprint density at radius 3 is 2.47 bits per heavy atom. The first-order valence-electron chi connectivity index (χ1n) is 10.9. The quantitative estimate of drug-likeness (QED) is 0.447. The lowest BCUT2D eigenvalue weighted by molar-refractivity contribution is -0.117. The third kappa shape index (κ3) is 5.60. The number of aromatic nitrogens is 1. The molecule has 4 rings (SSSR count). The first-order valence-corrected chi connectivity index (χ1v) is 12.4. The van der Waals surface area contributed by atoms with Gasteiger partial charge in [0.1, 0.15) is 36.2 Å². The largest absolute Gasteiger partial charge is 0.497 e. The Morgan fingerprint density at radius 1 is 1.14 bits per heavy atom. The first kappa shape index (κ1) is 25.0. The summed E-state index contributed by atoms with van der Waals surface area (Å²) in [4.78, 5) is 18.0. The maximum absolute atomic E-state index is 15.3. The Bertz CT molecular complexity index is 1350. The molecule has 0 unspecified atom stereocenters. The predicted octanol–water partition coefficient (Wildman–Crippen LogP) is 2.67. The van der Waals surface area contributed by atoms with Gasteiger partial charge < -0.3 is 19.7 Å². The van der Waals surface area contributed by atoms with Gasteiger partial charge in [-0.15, -0.1) is 0 Å². The van der Waals surface area contributed by atoms with Crippen LogP contribution in [0.5, 0.6) is 11.5 Å². The Balaban J connectivity index is 1.61. The minimum Gasteiger partial charge on any atom is -0.497 e. The molecule has 10 nitrogen and oxygen atoms in total. The number of hydrogen-bond acceptors (Lipinski definition) is 8. The molecule has 2 N–H and O–H groups in total. The van der Waals surface area contributed by atoms with E-state index in [1.54, 1.807) is 43.6 Å². The second-order valence-electron chi connectivity index (χ2n) is 8.25. The molecule has 0 spiro atoms. The number of carbonyl (C=O) groups is 1. The maximum atomic E-state index is 15.3. The fourth-order valence-electron chi connectivity index (χ4n) is 3.57. The third-order valence-electron chi connectivity index (χ3n) is 5.41. The number of ether oxygens (including phenoxy) is 2. The van der Waals surface area contributed by atoms with Crippen molar-refractivity contribution in [3.05, 3.63) is 71.7 Å². The maximum Gasteiger partial charge on any atom is 0.326 e. The van der Waals surface area contributed by atoms with Gasteiger partial charge in [-0.05, 0) is 47.5 Å². The average molecular weight is 516 g/mol. The van der Waals surface area contributed by atoms with Crippen LogP contribution in [0.15, 0.2) is 54.7 Å². The summed E-state index contributed by atoms with van der Waals surface area (Å²) in [5, 5.41) is 3.16. The van der Waals surface area contributed by atoms with Crippen molar-refractivity contribution in [3.8, 4) is 11.5 Å². The average Bonchev–Trinajstić information content (AvgIpc) is 3.12. The van der Waals surface area contributed by atoms with E-state index in [4.69, 9.17) is 9.47 Å². The SMILES string of the molecule is COc1ccc(COc2cc(CNc3ccc(N(C)C)nc3)cc(F)c2N2CC(=O)NS2(=O)=O)cc1. The van der Waals surface area contributed by atoms with Gasteiger partial charge in [-0.2, -0.15) is 8.42 Å². The van der Waals surface area contributed by atoms with Crippen molar-refractivity contribution in [3.63, 3.8) is 0 Å². The summed E-state index contributed by atoms with van der Waals surface area (Å²) in [7, 11) is 1.09. The third-order valence-corrected chi connectivity index (χ3v) is 6.79. The van der Waals surface area contributed by atoms with Crippen molar-refractivity contribution < 1.29 is 27.1 Å². The molecule has 1 aliphatic heterocycles. The number of amides is 1. The van der Waals surface area contributed by atoms with Crippen LogP contribution in [0.3, 0.4) is 0 Å². The Labute approximate surface area is 208 Å². The minimum absolute atomic E-state index is 0.0104. The van der Waals surface area contributed by atoms with E-state index >= 15 is 4.39 Å². The molecule has 0 saturated carbocycles. The van der Waals surface area contributed by atoms with Gasteiger partial charge in [0.15, 0.2) is 5.82 Å². The van der Waals surface area contributed by atoms with Gasteiger partial charge in [0.2, 0.25) is 0 Å². The summed E-state index contributed by atoms with van der Waals surface area (Å²) in [6, 6.07) is 13.5. The van der Waals surface area contributed by atoms with Gasteiger partial charge in [-0.3, -0.25) is 4.79 Å². The van der Waals surface area contributed by atoms with Gasteiger partial charge in [0, 0.05) is 20.6 Å². The fraction of sp³-hybridized carbons (Fsp3) is 0.250. The minimum atomic E-state index is -4.24. The van der Waals surface area contributed by atoms with Gasteiger partial charge >= 0.3 is 10.2 Å². The standard InChI is InChI=1S/C24H26FN5O5S/c1-29(2)22-9-6-18(13-27-22)26-12-17-10-20(25)24(30-14-23(31)28-36(30,32)33)21(11-17)35-15-16-4-7-19(34-3)8-5-16/h4-11,13,26H,12,14-15H2,1-3H3,(H,28,31). The van der Waals surface area contributed by atoms with Crippen molar-refractivity contribution in [2.24, 2.45) is 0 Å². The van der Waals surface area contributed by atoms with E-state index in [1.807, 2.05) is 35.9 Å². The van der Waals surface area contributed by atoms with Crippen molar-refractivity contribution in [1.82, 2.24) is 9.71 Å². The van der Waals surface area contributed by atoms with Gasteiger partial charge in [0.25, 0.3) is 5.91 Å². The highest BCUT2D eigenvalue weighted by Gasteiger charge is 2.37. The Hall–Kier alpha value is -4.06. The number of hydrogen-bond donors (Lipinski definition) is 2. The van der Waals surface area contributed by atoms with E-state index in [9.17, 15) is 13.2 Å². The zero-order valence-corrected chi connectivity index (χ0v) is 20.8. The topological polar surface area (TPSA) is 113 Å². The number of pyridine rings is 1. The van der Waals surface area contributed by atoms with Crippen molar-refractivity contribution in [2.45, 2.75) is 13.2 Å². The number of halogens is 1. The molecule has 1 amide bonds. The number of nitrogens with zero attached hydrogens (tertiary/aromatic N) is 3. The summed E-state index contributed by atoms with van der Waals surface area (Å²) in [5.74, 6) is -0.140. The van der Waals surface area contributed by atoms with E-state index in [2.05, 4.69) is 10.3 Å². The lowest BCUT2D eigenvalue weighted by Gasteiger charge is -2.21. The van der Waals surface area contributed by atoms with Crippen LogP contribution in [-0.4, -0.2) is 47.1 Å². The lowest BCUT2D eigenvalue weighted by atomic mass is 10.1. The van der Waals surface area contributed by atoms with E-state index in [-0.39, 0.29) is 24.6 Å². The molecule has 0 bridgehead atoms. The lowest BCUT2D eigenvalue weighted by Crippen LogP contribution is -2.30. The summed E-state index contributed by atoms with van der Waals surface area (Å²) < 4.78 is 53.8. The van der Waals surface area contributed by atoms with Crippen LogP contribution in [0.1, 0.15) is 11.1 Å². The molecule has 0 atom stereocenters. The molecule has 1 fully saturated rings. The van der Waals surface area contributed by atoms with E-state index in [1.165, 1.54) is 6.07 Å². The smallest absolute Gasteiger partial charge is 0.326 e. The highest BCUT2D eigenvalue weighted by molar-refractivity contribution is 7.92. The molecule has 36 heavy (non-hydrogen) atoms. The zero-order chi connectivity index (χ0) is 25.9. The summed E-state index contributed by atoms with van der Waals surface area (Å²) in [6.07, 6.45) is 1.66. The zero-order valence-electron chi connectivity index (χ0n) is 20.0. The summed E-state index contributed by atoms with van der Waals surface area (Å²) >= 11 is 0. The summed E-state index contributed by atoms with van der Waals surface area (Å²) in [5.41, 5.74) is 1.66. The number of benzene rings is 2. The van der Waals surface area contributed by atoms with E-state index in [0.29, 0.717) is 15.6 Å². The molecule has 2 heterocycles.